The van der Waals surface area contributed by atoms with Crippen LogP contribution in [0.25, 0.3) is 11.0 Å². The van der Waals surface area contributed by atoms with E-state index in [0.29, 0.717) is 18.0 Å². The lowest BCUT2D eigenvalue weighted by molar-refractivity contribution is 0.629. The van der Waals surface area contributed by atoms with Gasteiger partial charge in [-0.1, -0.05) is 0 Å². The van der Waals surface area contributed by atoms with Crippen LogP contribution < -0.4 is 5.32 Å². The molecular weight excluding hydrogens is 239 g/mol. The van der Waals surface area contributed by atoms with Crippen molar-refractivity contribution in [2.45, 2.75) is 6.54 Å². The van der Waals surface area contributed by atoms with Crippen molar-refractivity contribution in [3.05, 3.63) is 40.6 Å². The maximum Gasteiger partial charge on any atom is 0.201 e. The number of halogens is 1. The van der Waals surface area contributed by atoms with Crippen LogP contribution in [0.1, 0.15) is 5.69 Å². The molecule has 6 heteroatoms. The molecule has 0 bridgehead atoms. The largest absolute Gasteiger partial charge is 0.350 e. The Bertz CT molecular complexity index is 632. The molecule has 0 saturated carbocycles. The SMILES string of the molecule is Fc1ccc2nc(NCc3cscn3)[nH]c2c1. The molecule has 2 N–H and O–H groups in total. The molecule has 0 radical (unpaired) electrons. The van der Waals surface area contributed by atoms with Gasteiger partial charge in [0.05, 0.1) is 28.8 Å². The second kappa shape index (κ2) is 4.14. The van der Waals surface area contributed by atoms with Crippen molar-refractivity contribution >= 4 is 28.3 Å². The Morgan fingerprint density at radius 2 is 2.35 bits per heavy atom. The van der Waals surface area contributed by atoms with E-state index >= 15 is 0 Å². The molecule has 2 heterocycles. The summed E-state index contributed by atoms with van der Waals surface area (Å²) in [5, 5.41) is 5.08. The highest BCUT2D eigenvalue weighted by Gasteiger charge is 2.03. The number of nitrogens with zero attached hydrogens (tertiary/aromatic N) is 2. The van der Waals surface area contributed by atoms with Crippen LogP contribution in [-0.4, -0.2) is 15.0 Å². The number of hydrogen-bond acceptors (Lipinski definition) is 4. The minimum atomic E-state index is -0.271. The minimum Gasteiger partial charge on any atom is -0.350 e. The molecule has 0 spiro atoms. The third-order valence-electron chi connectivity index (χ3n) is 2.36. The third kappa shape index (κ3) is 2.12. The van der Waals surface area contributed by atoms with Gasteiger partial charge >= 0.3 is 0 Å². The lowest BCUT2D eigenvalue weighted by Crippen LogP contribution is -2.00. The third-order valence-corrected chi connectivity index (χ3v) is 3.00. The average molecular weight is 248 g/mol. The summed E-state index contributed by atoms with van der Waals surface area (Å²) in [6, 6.07) is 4.47. The van der Waals surface area contributed by atoms with Crippen molar-refractivity contribution in [2.24, 2.45) is 0 Å². The van der Waals surface area contributed by atoms with Crippen molar-refractivity contribution in [1.29, 1.82) is 0 Å². The first kappa shape index (κ1) is 10.2. The molecule has 0 aliphatic carbocycles. The average Bonchev–Trinajstić information content (AvgIpc) is 2.94. The number of rotatable bonds is 3. The van der Waals surface area contributed by atoms with Gasteiger partial charge in [0, 0.05) is 5.38 Å². The molecule has 0 amide bonds. The van der Waals surface area contributed by atoms with Crippen LogP contribution in [0.5, 0.6) is 0 Å². The number of hydrogen-bond donors (Lipinski definition) is 2. The zero-order chi connectivity index (χ0) is 11.7. The van der Waals surface area contributed by atoms with Crippen LogP contribution in [0.2, 0.25) is 0 Å². The number of fused-ring (bicyclic) bond motifs is 1. The number of H-pyrrole nitrogens is 1. The molecule has 0 aliphatic heterocycles. The van der Waals surface area contributed by atoms with Gasteiger partial charge in [-0.3, -0.25) is 0 Å². The highest BCUT2D eigenvalue weighted by molar-refractivity contribution is 7.07. The maximum atomic E-state index is 13.0. The van der Waals surface area contributed by atoms with Gasteiger partial charge in [-0.2, -0.15) is 0 Å². The molecule has 0 fully saturated rings. The number of anilines is 1. The van der Waals surface area contributed by atoms with Crippen LogP contribution in [0.3, 0.4) is 0 Å². The van der Waals surface area contributed by atoms with E-state index in [2.05, 4.69) is 20.3 Å². The van der Waals surface area contributed by atoms with E-state index in [9.17, 15) is 4.39 Å². The molecule has 17 heavy (non-hydrogen) atoms. The summed E-state index contributed by atoms with van der Waals surface area (Å²) in [6.07, 6.45) is 0. The Labute approximate surface area is 101 Å². The lowest BCUT2D eigenvalue weighted by atomic mass is 10.3. The summed E-state index contributed by atoms with van der Waals surface area (Å²) in [7, 11) is 0. The Hall–Kier alpha value is -1.95. The number of aromatic amines is 1. The van der Waals surface area contributed by atoms with Crippen molar-refractivity contribution < 1.29 is 4.39 Å². The summed E-state index contributed by atoms with van der Waals surface area (Å²) in [5.74, 6) is 0.353. The standard InChI is InChI=1S/C11H9FN4S/c12-7-1-2-9-10(3-7)16-11(15-9)13-4-8-5-17-6-14-8/h1-3,5-6H,4H2,(H2,13,15,16). The van der Waals surface area contributed by atoms with E-state index in [4.69, 9.17) is 0 Å². The van der Waals surface area contributed by atoms with Crippen molar-refractivity contribution in [2.75, 3.05) is 5.32 Å². The molecule has 0 atom stereocenters. The fraction of sp³-hybridized carbons (Fsp3) is 0.0909. The van der Waals surface area contributed by atoms with E-state index in [1.54, 1.807) is 22.9 Å². The van der Waals surface area contributed by atoms with Gasteiger partial charge < -0.3 is 10.3 Å². The summed E-state index contributed by atoms with van der Waals surface area (Å²) < 4.78 is 13.0. The fourth-order valence-corrected chi connectivity index (χ4v) is 2.12. The summed E-state index contributed by atoms with van der Waals surface area (Å²) in [4.78, 5) is 11.5. The van der Waals surface area contributed by atoms with Gasteiger partial charge in [-0.25, -0.2) is 14.4 Å². The first-order chi connectivity index (χ1) is 8.31. The first-order valence-corrected chi connectivity index (χ1v) is 6.02. The summed E-state index contributed by atoms with van der Waals surface area (Å²) in [6.45, 7) is 0.603. The molecular formula is C11H9FN4S. The molecule has 4 nitrogen and oxygen atoms in total. The van der Waals surface area contributed by atoms with Crippen LogP contribution in [-0.2, 0) is 6.54 Å². The molecule has 0 aliphatic rings. The monoisotopic (exact) mass is 248 g/mol. The zero-order valence-corrected chi connectivity index (χ0v) is 9.59. The molecule has 2 aromatic heterocycles. The minimum absolute atomic E-state index is 0.271. The number of nitrogens with one attached hydrogen (secondary N) is 2. The Morgan fingerprint density at radius 3 is 3.18 bits per heavy atom. The smallest absolute Gasteiger partial charge is 0.201 e. The normalized spacial score (nSPS) is 10.9. The van der Waals surface area contributed by atoms with E-state index in [1.165, 1.54) is 12.1 Å². The zero-order valence-electron chi connectivity index (χ0n) is 8.77. The fourth-order valence-electron chi connectivity index (χ4n) is 1.56. The Morgan fingerprint density at radius 1 is 1.41 bits per heavy atom. The highest BCUT2D eigenvalue weighted by atomic mass is 32.1. The second-order valence-electron chi connectivity index (χ2n) is 3.58. The first-order valence-electron chi connectivity index (χ1n) is 5.07. The van der Waals surface area contributed by atoms with Crippen molar-refractivity contribution in [3.8, 4) is 0 Å². The Balaban J connectivity index is 1.81. The van der Waals surface area contributed by atoms with Gasteiger partial charge in [0.15, 0.2) is 0 Å². The highest BCUT2D eigenvalue weighted by Crippen LogP contribution is 2.15. The van der Waals surface area contributed by atoms with E-state index in [1.807, 2.05) is 5.38 Å². The van der Waals surface area contributed by atoms with Crippen molar-refractivity contribution in [3.63, 3.8) is 0 Å². The number of aromatic nitrogens is 3. The van der Waals surface area contributed by atoms with Gasteiger partial charge in [0.2, 0.25) is 5.95 Å². The number of benzene rings is 1. The summed E-state index contributed by atoms with van der Waals surface area (Å²) >= 11 is 1.55. The van der Waals surface area contributed by atoms with Crippen LogP contribution in [0, 0.1) is 5.82 Å². The second-order valence-corrected chi connectivity index (χ2v) is 4.30. The number of thiazole rings is 1. The molecule has 3 rings (SSSR count). The number of imidazole rings is 1. The van der Waals surface area contributed by atoms with Gasteiger partial charge in [0.1, 0.15) is 5.82 Å². The molecule has 86 valence electrons. The van der Waals surface area contributed by atoms with Crippen LogP contribution >= 0.6 is 11.3 Å². The topological polar surface area (TPSA) is 53.6 Å². The lowest BCUT2D eigenvalue weighted by Gasteiger charge is -1.97. The van der Waals surface area contributed by atoms with E-state index in [0.717, 1.165) is 11.2 Å². The van der Waals surface area contributed by atoms with Gasteiger partial charge in [-0.15, -0.1) is 11.3 Å². The predicted molar refractivity (Wildman–Crippen MR) is 65.5 cm³/mol. The van der Waals surface area contributed by atoms with Crippen LogP contribution in [0.4, 0.5) is 10.3 Å². The Kier molecular flexibility index (Phi) is 2.49. The van der Waals surface area contributed by atoms with Crippen molar-refractivity contribution in [1.82, 2.24) is 15.0 Å². The van der Waals surface area contributed by atoms with Crippen LogP contribution in [0.15, 0.2) is 29.1 Å². The van der Waals surface area contributed by atoms with E-state index < -0.39 is 0 Å². The maximum absolute atomic E-state index is 13.0. The molecule has 3 aromatic rings. The molecule has 0 unspecified atom stereocenters. The predicted octanol–water partition coefficient (Wildman–Crippen LogP) is 2.77. The quantitative estimate of drug-likeness (QED) is 0.749. The summed E-state index contributed by atoms with van der Waals surface area (Å²) in [5.41, 5.74) is 4.17. The molecule has 0 saturated heterocycles. The van der Waals surface area contributed by atoms with E-state index in [-0.39, 0.29) is 5.82 Å². The van der Waals surface area contributed by atoms with Gasteiger partial charge in [0.25, 0.3) is 0 Å². The van der Waals surface area contributed by atoms with Gasteiger partial charge in [-0.05, 0) is 18.2 Å². The molecule has 1 aromatic carbocycles.